The molecule has 2 aromatic heterocycles. The second-order valence-corrected chi connectivity index (χ2v) is 4.85. The highest BCUT2D eigenvalue weighted by molar-refractivity contribution is 7.13. The van der Waals surface area contributed by atoms with Crippen molar-refractivity contribution in [1.29, 1.82) is 0 Å². The van der Waals surface area contributed by atoms with Gasteiger partial charge in [-0.2, -0.15) is 0 Å². The monoisotopic (exact) mass is 247 g/mol. The molecule has 1 fully saturated rings. The van der Waals surface area contributed by atoms with Crippen molar-refractivity contribution in [2.24, 2.45) is 0 Å². The Kier molecular flexibility index (Phi) is 3.13. The number of aromatic nitrogens is 2. The predicted octanol–water partition coefficient (Wildman–Crippen LogP) is 1.87. The van der Waals surface area contributed by atoms with Gasteiger partial charge in [0.1, 0.15) is 6.33 Å². The predicted molar refractivity (Wildman–Crippen MR) is 66.9 cm³/mol. The summed E-state index contributed by atoms with van der Waals surface area (Å²) in [6, 6.07) is 2.17. The fourth-order valence-electron chi connectivity index (χ4n) is 1.88. The molecule has 1 N–H and O–H groups in total. The van der Waals surface area contributed by atoms with Gasteiger partial charge in [0.2, 0.25) is 0 Å². The molecule has 0 spiro atoms. The third-order valence-corrected chi connectivity index (χ3v) is 3.76. The topological polar surface area (TPSA) is 47.0 Å². The fourth-order valence-corrected chi connectivity index (χ4v) is 2.81. The van der Waals surface area contributed by atoms with Crippen LogP contribution in [0, 0.1) is 0 Å². The first-order valence-electron chi connectivity index (χ1n) is 5.59. The van der Waals surface area contributed by atoms with Crippen molar-refractivity contribution in [3.8, 4) is 10.4 Å². The Labute approximate surface area is 104 Å². The van der Waals surface area contributed by atoms with E-state index < -0.39 is 0 Å². The van der Waals surface area contributed by atoms with Crippen LogP contribution in [0.2, 0.25) is 0 Å². The fraction of sp³-hybridized carbons (Fsp3) is 0.333. The summed E-state index contributed by atoms with van der Waals surface area (Å²) >= 11 is 1.71. The molecule has 1 atom stereocenters. The molecule has 3 rings (SSSR count). The summed E-state index contributed by atoms with van der Waals surface area (Å²) < 4.78 is 5.73. The van der Waals surface area contributed by atoms with Gasteiger partial charge in [-0.3, -0.25) is 0 Å². The number of nitrogens with zero attached hydrogens (tertiary/aromatic N) is 2. The van der Waals surface area contributed by atoms with Gasteiger partial charge in [-0.25, -0.2) is 9.97 Å². The first kappa shape index (κ1) is 10.8. The zero-order valence-corrected chi connectivity index (χ0v) is 10.1. The maximum absolute atomic E-state index is 5.73. The number of hydrogen-bond donors (Lipinski definition) is 1. The molecule has 17 heavy (non-hydrogen) atoms. The van der Waals surface area contributed by atoms with Crippen molar-refractivity contribution >= 4 is 11.3 Å². The molecule has 0 aromatic carbocycles. The third kappa shape index (κ3) is 2.36. The molecule has 0 amide bonds. The Morgan fingerprint density at radius 3 is 3.00 bits per heavy atom. The van der Waals surface area contributed by atoms with E-state index in [2.05, 4.69) is 26.7 Å². The van der Waals surface area contributed by atoms with Crippen LogP contribution in [0.15, 0.2) is 30.2 Å². The van der Waals surface area contributed by atoms with Crippen LogP contribution in [0.25, 0.3) is 10.4 Å². The summed E-state index contributed by atoms with van der Waals surface area (Å²) in [6.45, 7) is 2.62. The third-order valence-electron chi connectivity index (χ3n) is 2.76. The summed E-state index contributed by atoms with van der Waals surface area (Å²) in [5, 5.41) is 5.49. The van der Waals surface area contributed by atoms with Crippen molar-refractivity contribution in [2.45, 2.75) is 6.10 Å². The molecule has 2 aromatic rings. The lowest BCUT2D eigenvalue weighted by molar-refractivity contribution is 0.0280. The van der Waals surface area contributed by atoms with Gasteiger partial charge in [-0.15, -0.1) is 11.3 Å². The van der Waals surface area contributed by atoms with Crippen LogP contribution in [0.4, 0.5) is 0 Å². The van der Waals surface area contributed by atoms with Gasteiger partial charge in [-0.1, -0.05) is 0 Å². The zero-order valence-electron chi connectivity index (χ0n) is 9.30. The molecule has 88 valence electrons. The molecule has 1 saturated heterocycles. The Bertz CT molecular complexity index is 480. The molecule has 1 aliphatic heterocycles. The Hall–Kier alpha value is -1.30. The van der Waals surface area contributed by atoms with Crippen molar-refractivity contribution in [3.63, 3.8) is 0 Å². The summed E-state index contributed by atoms with van der Waals surface area (Å²) in [5.41, 5.74) is 2.30. The van der Waals surface area contributed by atoms with Gasteiger partial charge in [0, 0.05) is 35.9 Å². The zero-order chi connectivity index (χ0) is 11.5. The normalized spacial score (nSPS) is 20.4. The minimum Gasteiger partial charge on any atom is -0.371 e. The van der Waals surface area contributed by atoms with E-state index in [1.807, 2.05) is 12.4 Å². The smallest absolute Gasteiger partial charge is 0.115 e. The van der Waals surface area contributed by atoms with E-state index in [-0.39, 0.29) is 6.10 Å². The number of hydrogen-bond acceptors (Lipinski definition) is 5. The highest BCUT2D eigenvalue weighted by Gasteiger charge is 2.17. The molecule has 0 saturated carbocycles. The molecule has 0 aliphatic carbocycles. The average Bonchev–Trinajstić information content (AvgIpc) is 2.90. The van der Waals surface area contributed by atoms with Gasteiger partial charge in [0.25, 0.3) is 0 Å². The largest absolute Gasteiger partial charge is 0.371 e. The first-order chi connectivity index (χ1) is 8.43. The molecule has 1 unspecified atom stereocenters. The van der Waals surface area contributed by atoms with E-state index >= 15 is 0 Å². The summed E-state index contributed by atoms with van der Waals surface area (Å²) in [6.07, 6.45) is 5.40. The number of morpholine rings is 1. The second-order valence-electron chi connectivity index (χ2n) is 3.94. The van der Waals surface area contributed by atoms with E-state index in [1.165, 1.54) is 10.4 Å². The van der Waals surface area contributed by atoms with Crippen LogP contribution >= 0.6 is 11.3 Å². The Morgan fingerprint density at radius 1 is 1.35 bits per heavy atom. The van der Waals surface area contributed by atoms with Crippen molar-refractivity contribution < 1.29 is 4.74 Å². The molecular weight excluding hydrogens is 234 g/mol. The standard InChI is InChI=1S/C12H13N3OS/c1-2-16-11(6-13-1)9-3-12(17-7-9)10-4-14-8-15-5-10/h3-5,7-8,11,13H,1-2,6H2. The van der Waals surface area contributed by atoms with Gasteiger partial charge < -0.3 is 10.1 Å². The van der Waals surface area contributed by atoms with Crippen molar-refractivity contribution in [3.05, 3.63) is 35.7 Å². The van der Waals surface area contributed by atoms with E-state index in [0.29, 0.717) is 0 Å². The minimum atomic E-state index is 0.179. The number of rotatable bonds is 2. The van der Waals surface area contributed by atoms with Crippen molar-refractivity contribution in [1.82, 2.24) is 15.3 Å². The Morgan fingerprint density at radius 2 is 2.24 bits per heavy atom. The average molecular weight is 247 g/mol. The van der Waals surface area contributed by atoms with E-state index in [9.17, 15) is 0 Å². The SMILES string of the molecule is c1ncc(-c2cc(C3CNCCO3)cs2)cn1. The van der Waals surface area contributed by atoms with Gasteiger partial charge in [0.15, 0.2) is 0 Å². The molecular formula is C12H13N3OS. The number of nitrogens with one attached hydrogen (secondary N) is 1. The maximum Gasteiger partial charge on any atom is 0.115 e. The summed E-state index contributed by atoms with van der Waals surface area (Å²) in [5.74, 6) is 0. The lowest BCUT2D eigenvalue weighted by Gasteiger charge is -2.22. The van der Waals surface area contributed by atoms with Crippen molar-refractivity contribution in [2.75, 3.05) is 19.7 Å². The second kappa shape index (κ2) is 4.91. The van der Waals surface area contributed by atoms with Crippen LogP contribution in [-0.4, -0.2) is 29.7 Å². The molecule has 1 aliphatic rings. The quantitative estimate of drug-likeness (QED) is 0.880. The van der Waals surface area contributed by atoms with Crippen LogP contribution in [0.5, 0.6) is 0 Å². The van der Waals surface area contributed by atoms with E-state index in [1.54, 1.807) is 17.7 Å². The molecule has 0 bridgehead atoms. The van der Waals surface area contributed by atoms with Gasteiger partial charge in [0.05, 0.1) is 12.7 Å². The number of thiophene rings is 1. The van der Waals surface area contributed by atoms with Crippen LogP contribution in [0.3, 0.4) is 0 Å². The lowest BCUT2D eigenvalue weighted by Crippen LogP contribution is -2.33. The number of ether oxygens (including phenoxy) is 1. The van der Waals surface area contributed by atoms with E-state index in [0.717, 1.165) is 25.3 Å². The molecule has 0 radical (unpaired) electrons. The Balaban J connectivity index is 1.83. The van der Waals surface area contributed by atoms with Gasteiger partial charge >= 0.3 is 0 Å². The van der Waals surface area contributed by atoms with Crippen LogP contribution < -0.4 is 5.32 Å². The summed E-state index contributed by atoms with van der Waals surface area (Å²) in [4.78, 5) is 9.26. The van der Waals surface area contributed by atoms with E-state index in [4.69, 9.17) is 4.74 Å². The van der Waals surface area contributed by atoms with Crippen LogP contribution in [0.1, 0.15) is 11.7 Å². The molecule has 3 heterocycles. The maximum atomic E-state index is 5.73. The lowest BCUT2D eigenvalue weighted by atomic mass is 10.1. The van der Waals surface area contributed by atoms with Crippen LogP contribution in [-0.2, 0) is 4.74 Å². The first-order valence-corrected chi connectivity index (χ1v) is 6.47. The summed E-state index contributed by atoms with van der Waals surface area (Å²) in [7, 11) is 0. The molecule has 5 heteroatoms. The highest BCUT2D eigenvalue weighted by atomic mass is 32.1. The highest BCUT2D eigenvalue weighted by Crippen LogP contribution is 2.30. The van der Waals surface area contributed by atoms with Gasteiger partial charge in [-0.05, 0) is 17.0 Å². The molecule has 4 nitrogen and oxygen atoms in total. The minimum absolute atomic E-state index is 0.179.